The van der Waals surface area contributed by atoms with Crippen LogP contribution < -0.4 is 10.9 Å². The van der Waals surface area contributed by atoms with Gasteiger partial charge in [-0.1, -0.05) is 24.3 Å². The Morgan fingerprint density at radius 3 is 2.36 bits per heavy atom. The molecule has 4 aliphatic rings. The summed E-state index contributed by atoms with van der Waals surface area (Å²) in [6.45, 7) is -0.0360. The van der Waals surface area contributed by atoms with Crippen molar-refractivity contribution >= 4 is 22.5 Å². The van der Waals surface area contributed by atoms with Crippen molar-refractivity contribution in [2.75, 3.05) is 11.9 Å². The molecule has 0 atom stereocenters. The Morgan fingerprint density at radius 2 is 1.67 bits per heavy atom. The van der Waals surface area contributed by atoms with E-state index in [1.807, 2.05) is 18.2 Å². The zero-order valence-electron chi connectivity index (χ0n) is 18.7. The van der Waals surface area contributed by atoms with Gasteiger partial charge in [-0.05, 0) is 91.5 Å². The molecular weight excluding hydrogens is 414 g/mol. The number of benzene rings is 2. The van der Waals surface area contributed by atoms with Crippen molar-refractivity contribution in [3.63, 3.8) is 0 Å². The minimum absolute atomic E-state index is 0.0679. The molecule has 0 unspecified atom stereocenters. The van der Waals surface area contributed by atoms with Gasteiger partial charge >= 0.3 is 0 Å². The Morgan fingerprint density at radius 1 is 1.00 bits per heavy atom. The van der Waals surface area contributed by atoms with Crippen LogP contribution in [0.15, 0.2) is 53.3 Å². The van der Waals surface area contributed by atoms with Crippen LogP contribution in [0.3, 0.4) is 0 Å². The molecule has 4 fully saturated rings. The quantitative estimate of drug-likeness (QED) is 0.586. The number of nitrogens with one attached hydrogen (secondary N) is 2. The summed E-state index contributed by atoms with van der Waals surface area (Å²) in [5, 5.41) is 3.45. The maximum atomic E-state index is 12.4. The van der Waals surface area contributed by atoms with Crippen LogP contribution in [-0.2, 0) is 21.6 Å². The summed E-state index contributed by atoms with van der Waals surface area (Å²) in [5.74, 6) is 2.94. The van der Waals surface area contributed by atoms with Gasteiger partial charge < -0.3 is 15.0 Å². The maximum absolute atomic E-state index is 12.4. The van der Waals surface area contributed by atoms with Crippen LogP contribution in [0, 0.1) is 17.8 Å². The third-order valence-corrected chi connectivity index (χ3v) is 7.95. The van der Waals surface area contributed by atoms with Crippen LogP contribution in [0.2, 0.25) is 0 Å². The van der Waals surface area contributed by atoms with E-state index in [1.54, 1.807) is 18.2 Å². The van der Waals surface area contributed by atoms with Crippen molar-refractivity contribution < 1.29 is 9.53 Å². The molecule has 7 rings (SSSR count). The van der Waals surface area contributed by atoms with Crippen LogP contribution >= 0.6 is 0 Å². The van der Waals surface area contributed by atoms with Crippen molar-refractivity contribution in [3.05, 3.63) is 70.3 Å². The van der Waals surface area contributed by atoms with Crippen LogP contribution in [0.5, 0.6) is 0 Å². The molecule has 0 saturated heterocycles. The molecule has 0 radical (unpaired) electrons. The van der Waals surface area contributed by atoms with E-state index in [4.69, 9.17) is 4.74 Å². The molecule has 2 N–H and O–H groups in total. The molecule has 0 spiro atoms. The van der Waals surface area contributed by atoms with Crippen molar-refractivity contribution in [1.82, 2.24) is 9.97 Å². The minimum atomic E-state index is -0.222. The number of carbonyl (C=O) groups excluding carboxylic acids is 1. The number of carbonyl (C=O) groups is 1. The summed E-state index contributed by atoms with van der Waals surface area (Å²) in [6.07, 6.45) is 8.33. The van der Waals surface area contributed by atoms with Gasteiger partial charge in [-0.15, -0.1) is 0 Å². The first-order valence-electron chi connectivity index (χ1n) is 12.0. The number of anilines is 1. The maximum Gasteiger partial charge on any atom is 0.258 e. The zero-order chi connectivity index (χ0) is 22.4. The summed E-state index contributed by atoms with van der Waals surface area (Å²) in [7, 11) is 0. The Bertz CT molecular complexity index is 1210. The van der Waals surface area contributed by atoms with Gasteiger partial charge in [-0.3, -0.25) is 9.59 Å². The van der Waals surface area contributed by atoms with Gasteiger partial charge in [0.15, 0.2) is 0 Å². The molecule has 4 saturated carbocycles. The lowest BCUT2D eigenvalue weighted by Gasteiger charge is -2.57. The first-order chi connectivity index (χ1) is 16.1. The van der Waals surface area contributed by atoms with Gasteiger partial charge in [-0.2, -0.15) is 0 Å². The van der Waals surface area contributed by atoms with E-state index in [1.165, 1.54) is 44.1 Å². The molecule has 1 heterocycles. The zero-order valence-corrected chi connectivity index (χ0v) is 18.7. The van der Waals surface area contributed by atoms with E-state index < -0.39 is 0 Å². The van der Waals surface area contributed by atoms with E-state index in [9.17, 15) is 9.59 Å². The average molecular weight is 444 g/mol. The number of nitrogens with zero attached hydrogens (tertiary/aromatic N) is 1. The lowest BCUT2D eigenvalue weighted by molar-refractivity contribution is -0.121. The number of hydrogen-bond acceptors (Lipinski definition) is 4. The standard InChI is InChI=1S/C27H29N3O3/c31-25(16-33-15-24-29-23-4-2-1-3-22(23)26(32)30-24)28-21-7-5-20(6-8-21)27-12-17-9-18(13-27)11-19(10-17)14-27/h1-8,17-19H,9-16H2,(H,28,31)(H,29,30,32). The molecule has 33 heavy (non-hydrogen) atoms. The van der Waals surface area contributed by atoms with Gasteiger partial charge in [0.05, 0.1) is 10.9 Å². The number of fused-ring (bicyclic) bond motifs is 1. The van der Waals surface area contributed by atoms with E-state index in [0.29, 0.717) is 22.1 Å². The third-order valence-electron chi connectivity index (χ3n) is 7.95. The summed E-state index contributed by atoms with van der Waals surface area (Å²) < 4.78 is 5.50. The van der Waals surface area contributed by atoms with Crippen LogP contribution in [0.25, 0.3) is 10.9 Å². The third kappa shape index (κ3) is 3.97. The molecule has 6 nitrogen and oxygen atoms in total. The van der Waals surface area contributed by atoms with Gasteiger partial charge in [0.2, 0.25) is 5.91 Å². The summed E-state index contributed by atoms with van der Waals surface area (Å²) >= 11 is 0. The number of ether oxygens (including phenoxy) is 1. The van der Waals surface area contributed by atoms with Gasteiger partial charge in [0.1, 0.15) is 19.0 Å². The number of para-hydroxylation sites is 1. The van der Waals surface area contributed by atoms with Crippen molar-refractivity contribution in [3.8, 4) is 0 Å². The molecule has 170 valence electrons. The molecule has 6 heteroatoms. The number of hydrogen-bond donors (Lipinski definition) is 2. The molecule has 2 aromatic carbocycles. The molecule has 0 aliphatic heterocycles. The highest BCUT2D eigenvalue weighted by Crippen LogP contribution is 2.60. The largest absolute Gasteiger partial charge is 0.364 e. The molecule has 1 amide bonds. The number of aromatic amines is 1. The Kier molecular flexibility index (Phi) is 5.06. The number of amides is 1. The van der Waals surface area contributed by atoms with Crippen LogP contribution in [0.1, 0.15) is 49.9 Å². The second kappa shape index (κ2) is 8.10. The van der Waals surface area contributed by atoms with Crippen LogP contribution in [-0.4, -0.2) is 22.5 Å². The molecule has 4 aliphatic carbocycles. The Hall–Kier alpha value is -2.99. The predicted molar refractivity (Wildman–Crippen MR) is 127 cm³/mol. The fourth-order valence-electron chi connectivity index (χ4n) is 7.01. The van der Waals surface area contributed by atoms with Crippen LogP contribution in [0.4, 0.5) is 5.69 Å². The summed E-state index contributed by atoms with van der Waals surface area (Å²) in [4.78, 5) is 31.6. The van der Waals surface area contributed by atoms with Gasteiger partial charge in [0.25, 0.3) is 5.56 Å². The summed E-state index contributed by atoms with van der Waals surface area (Å²) in [5.41, 5.74) is 3.01. The highest BCUT2D eigenvalue weighted by Gasteiger charge is 2.51. The molecule has 1 aromatic heterocycles. The number of H-pyrrole nitrogens is 1. The second-order valence-corrected chi connectivity index (χ2v) is 10.3. The van der Waals surface area contributed by atoms with Crippen molar-refractivity contribution in [2.24, 2.45) is 17.8 Å². The fourth-order valence-corrected chi connectivity index (χ4v) is 7.01. The topological polar surface area (TPSA) is 84.1 Å². The average Bonchev–Trinajstić information content (AvgIpc) is 2.79. The Labute approximate surface area is 192 Å². The first-order valence-corrected chi connectivity index (χ1v) is 12.0. The second-order valence-electron chi connectivity index (χ2n) is 10.3. The monoisotopic (exact) mass is 443 g/mol. The normalized spacial score (nSPS) is 27.7. The van der Waals surface area contributed by atoms with Gasteiger partial charge in [-0.25, -0.2) is 4.98 Å². The smallest absolute Gasteiger partial charge is 0.258 e. The van der Waals surface area contributed by atoms with Gasteiger partial charge in [0, 0.05) is 5.69 Å². The lowest BCUT2D eigenvalue weighted by atomic mass is 9.48. The lowest BCUT2D eigenvalue weighted by Crippen LogP contribution is -2.48. The Balaban J connectivity index is 1.05. The van der Waals surface area contributed by atoms with E-state index in [2.05, 4.69) is 27.4 Å². The number of aromatic nitrogens is 2. The number of rotatable bonds is 6. The minimum Gasteiger partial charge on any atom is -0.364 e. The van der Waals surface area contributed by atoms with Crippen molar-refractivity contribution in [2.45, 2.75) is 50.5 Å². The fraction of sp³-hybridized carbons (Fsp3) is 0.444. The van der Waals surface area contributed by atoms with E-state index in [-0.39, 0.29) is 24.7 Å². The van der Waals surface area contributed by atoms with E-state index in [0.717, 1.165) is 23.4 Å². The van der Waals surface area contributed by atoms with E-state index >= 15 is 0 Å². The molecule has 4 bridgehead atoms. The van der Waals surface area contributed by atoms with Crippen molar-refractivity contribution in [1.29, 1.82) is 0 Å². The molecular formula is C27H29N3O3. The first kappa shape index (κ1) is 20.6. The highest BCUT2D eigenvalue weighted by atomic mass is 16.5. The predicted octanol–water partition coefficient (Wildman–Crippen LogP) is 4.55. The SMILES string of the molecule is O=C(COCc1nc2ccccc2c(=O)[nH]1)Nc1ccc(C23CC4CC(CC(C4)C2)C3)cc1. The highest BCUT2D eigenvalue weighted by molar-refractivity contribution is 5.91. The summed E-state index contributed by atoms with van der Waals surface area (Å²) in [6, 6.07) is 15.6. The molecule has 3 aromatic rings.